The minimum atomic E-state index is -0.586. The standard InChI is InChI=1S/2C20H16N2.8C2H6.2Ar.4Y/c1-5-21-12-16-9-8-15(4)19(16)20(21)18-10-7-14(3)11-17(18)13-22(20)6-2;1-5-21-12-16-9-7-8-10-18(16)20(21)19-15(4)14(3)11-17(19)13-22(20)6-2;8*1-2;;;;;;/h1-2,5-8,10-11H,9H2,3-4H3;1-2,5-10H,11H2,3-4H3;8*1-2H3;;;;;;/q2*-2;;;;;;;;;;;;;;. The van der Waals surface area contributed by atoms with Crippen LogP contribution in [-0.4, -0.2) is 43.2 Å². The van der Waals surface area contributed by atoms with Crippen LogP contribution in [0.3, 0.4) is 0 Å². The number of fused-ring (bicyclic) bond motifs is 6. The van der Waals surface area contributed by atoms with E-state index in [-0.39, 0.29) is 206 Å². The maximum Gasteiger partial charge on any atom is 0.304 e. The number of nitrogens with zero attached hydrogens (tertiary/aromatic N) is 4. The van der Waals surface area contributed by atoms with Crippen LogP contribution < -0.4 is 0 Å². The number of rotatable bonds is 4. The molecule has 0 saturated carbocycles. The van der Waals surface area contributed by atoms with Crippen molar-refractivity contribution < 1.29 is 225 Å². The van der Waals surface area contributed by atoms with Crippen molar-refractivity contribution in [1.82, 2.24) is 0 Å². The summed E-state index contributed by atoms with van der Waals surface area (Å²) in [7, 11) is 0. The van der Waals surface area contributed by atoms with Gasteiger partial charge in [-0.3, -0.25) is 18.3 Å². The first-order valence-electron chi connectivity index (χ1n) is 22.7. The van der Waals surface area contributed by atoms with E-state index in [9.17, 15) is 0 Å². The van der Waals surface area contributed by atoms with Gasteiger partial charge in [-0.15, -0.1) is 30.6 Å². The molecule has 2 aromatic carbocycles. The van der Waals surface area contributed by atoms with Crippen molar-refractivity contribution in [3.8, 4) is 0 Å². The number of hydrogen-bond donors (Lipinski definition) is 0. The van der Waals surface area contributed by atoms with Crippen molar-refractivity contribution in [3.63, 3.8) is 0 Å². The Hall–Kier alpha value is 1.98. The molecule has 0 N–H and O–H groups in total. The molecule has 2 atom stereocenters. The number of allylic oxidation sites excluding steroid dienone is 4. The van der Waals surface area contributed by atoms with Gasteiger partial charge in [0.15, 0.2) is 12.4 Å². The molecule has 356 valence electrons. The molecular formula is C56H80Ar2N4Y4-4. The zero-order valence-electron chi connectivity index (χ0n) is 44.5. The molecule has 0 bridgehead atoms. The molecule has 4 radical (unpaired) electrons. The maximum absolute atomic E-state index is 5.94. The summed E-state index contributed by atoms with van der Waals surface area (Å²) in [5.41, 5.74) is 13.1. The molecule has 66 heavy (non-hydrogen) atoms. The first-order valence-corrected chi connectivity index (χ1v) is 22.7. The van der Waals surface area contributed by atoms with Gasteiger partial charge in [0.2, 0.25) is 0 Å². The average Bonchev–Trinajstić information content (AvgIpc) is 4.16. The van der Waals surface area contributed by atoms with E-state index in [0.29, 0.717) is 0 Å². The Kier molecular flexibility index (Phi) is 58.5. The summed E-state index contributed by atoms with van der Waals surface area (Å²) < 4.78 is 7.68. The fourth-order valence-electron chi connectivity index (χ4n) is 7.67. The first-order chi connectivity index (χ1) is 29.3. The third kappa shape index (κ3) is 17.3. The molecule has 4 aliphatic heterocycles. The van der Waals surface area contributed by atoms with Crippen LogP contribution in [-0.2, 0) is 142 Å². The fourth-order valence-corrected chi connectivity index (χ4v) is 7.67. The van der Waals surface area contributed by atoms with Crippen molar-refractivity contribution in [2.45, 2.75) is 163 Å². The monoisotopic (exact) mass is 1240 g/mol. The minimum absolute atomic E-state index is 0. The van der Waals surface area contributed by atoms with E-state index < -0.39 is 11.3 Å². The van der Waals surface area contributed by atoms with Crippen molar-refractivity contribution >= 4 is 24.9 Å². The van der Waals surface area contributed by atoms with E-state index in [1.165, 1.54) is 44.6 Å². The van der Waals surface area contributed by atoms with Crippen LogP contribution in [0.25, 0.3) is 0 Å². The quantitative estimate of drug-likeness (QED) is 0.214. The van der Waals surface area contributed by atoms with Gasteiger partial charge in [-0.25, -0.2) is 0 Å². The van der Waals surface area contributed by atoms with Gasteiger partial charge in [-0.1, -0.05) is 212 Å². The second kappa shape index (κ2) is 45.6. The Bertz CT molecular complexity index is 2050. The van der Waals surface area contributed by atoms with Gasteiger partial charge < -0.3 is 26.3 Å². The molecule has 0 aromatic heterocycles. The smallest absolute Gasteiger partial charge is 0.304 e. The molecule has 0 amide bonds. The van der Waals surface area contributed by atoms with Gasteiger partial charge in [-0.05, 0) is 26.7 Å². The molecule has 4 nitrogen and oxygen atoms in total. The van der Waals surface area contributed by atoms with E-state index in [0.717, 1.165) is 35.1 Å². The van der Waals surface area contributed by atoms with Crippen molar-refractivity contribution in [3.05, 3.63) is 166 Å². The summed E-state index contributed by atoms with van der Waals surface area (Å²) in [6.07, 6.45) is 23.9. The number of aryl methyl sites for hydroxylation is 1. The van der Waals surface area contributed by atoms with Crippen LogP contribution in [0.4, 0.5) is 0 Å². The van der Waals surface area contributed by atoms with Gasteiger partial charge in [0, 0.05) is 229 Å². The Labute approximate surface area is 568 Å². The van der Waals surface area contributed by atoms with E-state index in [1.54, 1.807) is 24.8 Å². The summed E-state index contributed by atoms with van der Waals surface area (Å²) >= 11 is 0. The number of benzene rings is 2. The predicted molar refractivity (Wildman–Crippen MR) is 262 cm³/mol. The minimum Gasteiger partial charge on any atom is -0.518 e. The molecule has 2 aromatic rings. The molecule has 10 heteroatoms. The molecule has 6 aliphatic rings. The Morgan fingerprint density at radius 1 is 0.485 bits per heavy atom. The van der Waals surface area contributed by atoms with Crippen LogP contribution in [0, 0.1) is 109 Å². The maximum atomic E-state index is 5.94. The van der Waals surface area contributed by atoms with Gasteiger partial charge in [0.25, 0.3) is 0 Å². The SMILES string of the molecule is CC.CC.CC.CC.CC.CC.CC.CC.[Ar].[Ar].[CH-]=C[N+]1=[C-]C2=C(C(C)=C(C)C2)C12c1ccccc1[C-]=[N+]2C=[CH-].[CH-]=C[N+]1=[C-]C2=C(C(C)=CC2)C12c1ccc(C)cc1[C-]=[N+]2C=[CH-].[Y].[Y].[Y].[Y]. The van der Waals surface area contributed by atoms with E-state index in [2.05, 4.69) is 89.0 Å². The van der Waals surface area contributed by atoms with Crippen LogP contribution in [0.5, 0.6) is 0 Å². The largest absolute Gasteiger partial charge is 0.518 e. The summed E-state index contributed by atoms with van der Waals surface area (Å²) in [5.74, 6) is 0. The van der Waals surface area contributed by atoms with E-state index in [1.807, 2.05) is 141 Å². The van der Waals surface area contributed by atoms with Crippen molar-refractivity contribution in [1.29, 1.82) is 0 Å². The summed E-state index contributed by atoms with van der Waals surface area (Å²) in [6, 6.07) is 14.6. The Balaban J connectivity index is -0.000000122. The summed E-state index contributed by atoms with van der Waals surface area (Å²) in [6.45, 7) is 64.3. The van der Waals surface area contributed by atoms with Crippen LogP contribution in [0.1, 0.15) is 172 Å². The second-order valence-electron chi connectivity index (χ2n) is 11.8. The Morgan fingerprint density at radius 2 is 0.864 bits per heavy atom. The van der Waals surface area contributed by atoms with Gasteiger partial charge >= 0.3 is 11.3 Å². The Morgan fingerprint density at radius 3 is 1.32 bits per heavy atom. The molecular weight excluding hydrogens is 1160 g/mol. The molecule has 0 saturated heterocycles. The average molecular weight is 1240 g/mol. The van der Waals surface area contributed by atoms with Crippen LogP contribution in [0.2, 0.25) is 0 Å². The molecule has 0 fully saturated rings. The van der Waals surface area contributed by atoms with Crippen LogP contribution in [0.15, 0.2) is 112 Å². The van der Waals surface area contributed by atoms with Gasteiger partial charge in [0.05, 0.1) is 0 Å². The van der Waals surface area contributed by atoms with Gasteiger partial charge in [0.1, 0.15) is 12.4 Å². The first kappa shape index (κ1) is 84.8. The van der Waals surface area contributed by atoms with E-state index in [4.69, 9.17) is 26.3 Å². The normalized spacial score (nSPS) is 17.5. The van der Waals surface area contributed by atoms with Gasteiger partial charge in [-0.2, -0.15) is 0 Å². The van der Waals surface area contributed by atoms with Crippen LogP contribution >= 0.6 is 0 Å². The topological polar surface area (TPSA) is 12.0 Å². The molecule has 4 heterocycles. The summed E-state index contributed by atoms with van der Waals surface area (Å²) in [5, 5.41) is 0. The molecule has 8 rings (SSSR count). The zero-order valence-corrected chi connectivity index (χ0v) is 57.2. The molecule has 2 unspecified atom stereocenters. The van der Waals surface area contributed by atoms with Crippen molar-refractivity contribution in [2.24, 2.45) is 0 Å². The van der Waals surface area contributed by atoms with E-state index >= 15 is 0 Å². The summed E-state index contributed by atoms with van der Waals surface area (Å²) in [4.78, 5) is 0. The molecule has 2 spiro atoms. The third-order valence-corrected chi connectivity index (χ3v) is 9.60. The second-order valence-corrected chi connectivity index (χ2v) is 11.8. The number of hydrogen-bond acceptors (Lipinski definition) is 0. The molecule has 2 aliphatic carbocycles. The zero-order chi connectivity index (χ0) is 47.0. The fraction of sp³-hybridized carbons (Fsp3) is 0.429. The predicted octanol–water partition coefficient (Wildman–Crippen LogP) is 14.2. The third-order valence-electron chi connectivity index (χ3n) is 9.60. The van der Waals surface area contributed by atoms with Crippen molar-refractivity contribution in [2.75, 3.05) is 0 Å².